The van der Waals surface area contributed by atoms with Crippen molar-refractivity contribution < 1.29 is 29.7 Å². The maximum Gasteiger partial charge on any atom is 0.320 e. The van der Waals surface area contributed by atoms with E-state index < -0.39 is 30.0 Å². The number of hydrogen-bond acceptors (Lipinski definition) is 7. The Morgan fingerprint density at radius 3 is 2.06 bits per heavy atom. The average Bonchev–Trinajstić information content (AvgIpc) is 2.71. The van der Waals surface area contributed by atoms with E-state index in [4.69, 9.17) is 38.3 Å². The summed E-state index contributed by atoms with van der Waals surface area (Å²) >= 11 is 0. The van der Waals surface area contributed by atoms with Crippen LogP contribution in [0.3, 0.4) is 0 Å². The number of aliphatic carboxylic acids is 3. The number of aliphatic imine (C=N–C) groups is 1. The molecule has 0 radical (unpaired) electrons. The van der Waals surface area contributed by atoms with Gasteiger partial charge in [0.15, 0.2) is 5.96 Å². The van der Waals surface area contributed by atoms with Crippen LogP contribution < -0.4 is 28.3 Å². The van der Waals surface area contributed by atoms with Crippen LogP contribution in [-0.2, 0) is 14.4 Å². The van der Waals surface area contributed by atoms with Gasteiger partial charge in [0.1, 0.15) is 12.1 Å². The van der Waals surface area contributed by atoms with E-state index in [1.165, 1.54) is 0 Å². The van der Waals surface area contributed by atoms with Crippen LogP contribution in [0.1, 0.15) is 37.3 Å². The Morgan fingerprint density at radius 2 is 1.61 bits per heavy atom. The Bertz CT molecular complexity index is 711. The summed E-state index contributed by atoms with van der Waals surface area (Å²) in [5.41, 5.74) is 21.8. The molecule has 1 aromatic rings. The fraction of sp³-hybridized carbons (Fsp3) is 0.474. The molecular formula is C19H32N6O6. The molecule has 0 aliphatic heterocycles. The van der Waals surface area contributed by atoms with Crippen LogP contribution in [0.4, 0.5) is 0 Å². The van der Waals surface area contributed by atoms with Gasteiger partial charge in [0.25, 0.3) is 0 Å². The molecule has 0 fully saturated rings. The highest BCUT2D eigenvalue weighted by molar-refractivity contribution is 5.76. The van der Waals surface area contributed by atoms with Crippen molar-refractivity contribution in [3.63, 3.8) is 0 Å². The maximum atomic E-state index is 11.1. The lowest BCUT2D eigenvalue weighted by Gasteiger charge is -2.22. The lowest BCUT2D eigenvalue weighted by Crippen LogP contribution is -2.42. The lowest BCUT2D eigenvalue weighted by molar-refractivity contribution is -0.141. The summed E-state index contributed by atoms with van der Waals surface area (Å²) in [6.07, 6.45) is 0.779. The molecule has 12 heteroatoms. The van der Waals surface area contributed by atoms with E-state index in [1.54, 1.807) is 0 Å². The normalized spacial score (nSPS) is 13.1. The molecule has 0 aliphatic carbocycles. The molecule has 1 unspecified atom stereocenters. The topological polar surface area (TPSA) is 240 Å². The van der Waals surface area contributed by atoms with Gasteiger partial charge in [0.2, 0.25) is 0 Å². The van der Waals surface area contributed by atoms with E-state index in [2.05, 4.69) is 10.3 Å². The van der Waals surface area contributed by atoms with Crippen molar-refractivity contribution in [2.75, 3.05) is 13.1 Å². The molecule has 174 valence electrons. The molecule has 0 amide bonds. The molecule has 12 N–H and O–H groups in total. The van der Waals surface area contributed by atoms with Crippen molar-refractivity contribution >= 4 is 23.9 Å². The van der Waals surface area contributed by atoms with Gasteiger partial charge in [-0.15, -0.1) is 0 Å². The molecule has 0 aromatic heterocycles. The number of nitrogens with two attached hydrogens (primary N) is 4. The Morgan fingerprint density at radius 1 is 1.00 bits per heavy atom. The molecule has 0 bridgehead atoms. The van der Waals surface area contributed by atoms with E-state index in [0.29, 0.717) is 19.4 Å². The number of benzene rings is 1. The van der Waals surface area contributed by atoms with E-state index >= 15 is 0 Å². The fourth-order valence-electron chi connectivity index (χ4n) is 2.42. The molecule has 12 nitrogen and oxygen atoms in total. The summed E-state index contributed by atoms with van der Waals surface area (Å²) in [5, 5.41) is 29.0. The quantitative estimate of drug-likeness (QED) is 0.105. The van der Waals surface area contributed by atoms with Crippen molar-refractivity contribution in [3.05, 3.63) is 35.9 Å². The van der Waals surface area contributed by atoms with Crippen LogP contribution in [0, 0.1) is 0 Å². The van der Waals surface area contributed by atoms with Crippen LogP contribution in [0.25, 0.3) is 0 Å². The number of guanidine groups is 1. The van der Waals surface area contributed by atoms with E-state index in [1.807, 2.05) is 30.3 Å². The summed E-state index contributed by atoms with van der Waals surface area (Å²) in [4.78, 5) is 35.5. The number of nitrogens with one attached hydrogen (secondary N) is 1. The predicted molar refractivity (Wildman–Crippen MR) is 115 cm³/mol. The van der Waals surface area contributed by atoms with Gasteiger partial charge in [-0.2, -0.15) is 0 Å². The molecule has 0 saturated carbocycles. The molecule has 3 atom stereocenters. The van der Waals surface area contributed by atoms with Gasteiger partial charge in [-0.3, -0.25) is 24.7 Å². The summed E-state index contributed by atoms with van der Waals surface area (Å²) in [5.74, 6) is -3.08. The third-order valence-electron chi connectivity index (χ3n) is 4.07. The van der Waals surface area contributed by atoms with Crippen molar-refractivity contribution in [2.45, 2.75) is 43.8 Å². The third kappa shape index (κ3) is 13.6. The molecule has 1 aromatic carbocycles. The highest BCUT2D eigenvalue weighted by Gasteiger charge is 2.22. The van der Waals surface area contributed by atoms with E-state index in [-0.39, 0.29) is 31.4 Å². The second-order valence-corrected chi connectivity index (χ2v) is 6.58. The number of carboxylic acid groups (broad SMARTS) is 3. The SMILES string of the molecule is NC(N)=NCCC[C@H](N)C(=O)O.NCC(N[C@H](CCC(=O)O)C(=O)O)c1ccccc1. The summed E-state index contributed by atoms with van der Waals surface area (Å²) in [6.45, 7) is 0.657. The van der Waals surface area contributed by atoms with Gasteiger partial charge in [0, 0.05) is 25.6 Å². The molecule has 0 saturated heterocycles. The van der Waals surface area contributed by atoms with Gasteiger partial charge in [0.05, 0.1) is 0 Å². The Labute approximate surface area is 180 Å². The minimum Gasteiger partial charge on any atom is -0.481 e. The monoisotopic (exact) mass is 440 g/mol. The first-order valence-corrected chi connectivity index (χ1v) is 9.57. The second-order valence-electron chi connectivity index (χ2n) is 6.58. The first-order valence-electron chi connectivity index (χ1n) is 9.57. The van der Waals surface area contributed by atoms with Gasteiger partial charge in [-0.1, -0.05) is 30.3 Å². The number of rotatable bonds is 13. The second kappa shape index (κ2) is 15.6. The van der Waals surface area contributed by atoms with Crippen molar-refractivity contribution in [1.29, 1.82) is 0 Å². The zero-order valence-corrected chi connectivity index (χ0v) is 17.2. The Hall–Kier alpha value is -3.22. The summed E-state index contributed by atoms with van der Waals surface area (Å²) < 4.78 is 0. The number of carbonyl (C=O) groups is 3. The lowest BCUT2D eigenvalue weighted by atomic mass is 10.0. The Balaban J connectivity index is 0.000000649. The van der Waals surface area contributed by atoms with Crippen LogP contribution >= 0.6 is 0 Å². The van der Waals surface area contributed by atoms with Gasteiger partial charge in [-0.05, 0) is 24.8 Å². The van der Waals surface area contributed by atoms with Crippen LogP contribution in [-0.4, -0.2) is 64.4 Å². The molecule has 0 heterocycles. The number of hydrogen-bond donors (Lipinski definition) is 8. The van der Waals surface area contributed by atoms with Gasteiger partial charge in [-0.25, -0.2) is 0 Å². The van der Waals surface area contributed by atoms with Gasteiger partial charge < -0.3 is 38.3 Å². The highest BCUT2D eigenvalue weighted by atomic mass is 16.4. The predicted octanol–water partition coefficient (Wildman–Crippen LogP) is -0.954. The minimum atomic E-state index is -1.07. The molecular weight excluding hydrogens is 408 g/mol. The van der Waals surface area contributed by atoms with Crippen LogP contribution in [0.15, 0.2) is 35.3 Å². The average molecular weight is 441 g/mol. The zero-order chi connectivity index (χ0) is 23.8. The number of carboxylic acids is 3. The first kappa shape index (κ1) is 27.8. The smallest absolute Gasteiger partial charge is 0.320 e. The van der Waals surface area contributed by atoms with Crippen molar-refractivity contribution in [2.24, 2.45) is 27.9 Å². The summed E-state index contributed by atoms with van der Waals surface area (Å²) in [7, 11) is 0. The Kier molecular flexibility index (Phi) is 14.0. The van der Waals surface area contributed by atoms with Gasteiger partial charge >= 0.3 is 17.9 Å². The van der Waals surface area contributed by atoms with Crippen molar-refractivity contribution in [1.82, 2.24) is 5.32 Å². The van der Waals surface area contributed by atoms with E-state index in [0.717, 1.165) is 5.56 Å². The third-order valence-corrected chi connectivity index (χ3v) is 4.07. The highest BCUT2D eigenvalue weighted by Crippen LogP contribution is 2.13. The molecule has 31 heavy (non-hydrogen) atoms. The fourth-order valence-corrected chi connectivity index (χ4v) is 2.42. The van der Waals surface area contributed by atoms with Crippen LogP contribution in [0.2, 0.25) is 0 Å². The summed E-state index contributed by atoms with van der Waals surface area (Å²) in [6, 6.07) is 7.18. The largest absolute Gasteiger partial charge is 0.481 e. The number of nitrogens with zero attached hydrogens (tertiary/aromatic N) is 1. The molecule has 1 rings (SSSR count). The van der Waals surface area contributed by atoms with Crippen LogP contribution in [0.5, 0.6) is 0 Å². The first-order chi connectivity index (χ1) is 14.6. The standard InChI is InChI=1S/C13H18N2O4.C6H14N4O2/c14-8-11(9-4-2-1-3-5-9)15-10(13(18)19)6-7-12(16)17;7-4(5(11)12)2-1-3-10-6(8)9/h1-5,10-11,15H,6-8,14H2,(H,16,17)(H,18,19);4H,1-3,7H2,(H,11,12)(H4,8,9,10)/t10-,11?;4-/m10/s1. The molecule has 0 aliphatic rings. The van der Waals surface area contributed by atoms with Crippen molar-refractivity contribution in [3.8, 4) is 0 Å². The molecule has 0 spiro atoms. The maximum absolute atomic E-state index is 11.1. The minimum absolute atomic E-state index is 0.0129. The zero-order valence-electron chi connectivity index (χ0n) is 17.2. The van der Waals surface area contributed by atoms with E-state index in [9.17, 15) is 14.4 Å².